The minimum atomic E-state index is -0.923. The largest absolute Gasteiger partial charge is 0.444 e. The number of amides is 2. The van der Waals surface area contributed by atoms with Crippen LogP contribution in [0.2, 0.25) is 0 Å². The zero-order valence-electron chi connectivity index (χ0n) is 18.9. The van der Waals surface area contributed by atoms with E-state index >= 15 is 0 Å². The number of aliphatic hydroxyl groups excluding tert-OH is 1. The Labute approximate surface area is 191 Å². The Morgan fingerprint density at radius 2 is 2.00 bits per heavy atom. The average molecular weight is 450 g/mol. The number of likely N-dealkylation sites (tertiary alicyclic amines) is 1. The van der Waals surface area contributed by atoms with Gasteiger partial charge in [-0.1, -0.05) is 12.1 Å². The second kappa shape index (κ2) is 7.84. The number of aromatic nitrogens is 3. The standard InChI is InChI=1S/C24H27N5O4/c1-24(2,3)33-23(32)28-9-7-15(8-10-28)29-13-14(11-26-29)20(30)18-12-25-21-19-16(18)5-4-6-17(19)22(31)27-21/h4-6,11-13,15,20,30H,7-10H2,1-3H3,(H,25,27,31). The van der Waals surface area contributed by atoms with E-state index in [1.807, 2.05) is 43.8 Å². The van der Waals surface area contributed by atoms with Crippen molar-refractivity contribution < 1.29 is 19.4 Å². The first-order chi connectivity index (χ1) is 15.7. The van der Waals surface area contributed by atoms with Crippen molar-refractivity contribution in [3.05, 3.63) is 53.5 Å². The van der Waals surface area contributed by atoms with Gasteiger partial charge >= 0.3 is 6.09 Å². The number of anilines is 1. The molecule has 0 radical (unpaired) electrons. The number of hydrogen-bond donors (Lipinski definition) is 2. The number of nitrogens with one attached hydrogen (secondary N) is 1. The summed E-state index contributed by atoms with van der Waals surface area (Å²) >= 11 is 0. The third kappa shape index (κ3) is 3.93. The second-order valence-electron chi connectivity index (χ2n) is 9.60. The third-order valence-electron chi connectivity index (χ3n) is 6.14. The molecular weight excluding hydrogens is 422 g/mol. The van der Waals surface area contributed by atoms with Crippen LogP contribution in [0.1, 0.15) is 67.2 Å². The molecule has 3 aromatic rings. The number of nitrogens with zero attached hydrogens (tertiary/aromatic N) is 4. The van der Waals surface area contributed by atoms with Gasteiger partial charge in [0.1, 0.15) is 17.5 Å². The Bertz CT molecular complexity index is 1240. The van der Waals surface area contributed by atoms with Crippen molar-refractivity contribution in [1.29, 1.82) is 0 Å². The normalized spacial score (nSPS) is 17.3. The fraction of sp³-hybridized carbons (Fsp3) is 0.417. The number of benzene rings is 1. The predicted octanol–water partition coefficient (Wildman–Crippen LogP) is 3.65. The summed E-state index contributed by atoms with van der Waals surface area (Å²) in [5, 5.41) is 19.9. The van der Waals surface area contributed by atoms with E-state index < -0.39 is 11.7 Å². The van der Waals surface area contributed by atoms with Gasteiger partial charge in [0, 0.05) is 42.0 Å². The number of carbonyl (C=O) groups is 2. The Kier molecular flexibility index (Phi) is 5.08. The first-order valence-electron chi connectivity index (χ1n) is 11.1. The van der Waals surface area contributed by atoms with Crippen LogP contribution in [0.5, 0.6) is 0 Å². The SMILES string of the molecule is CC(C)(C)OC(=O)N1CCC(n2cc(C(O)c3cnc4c5c(cccc35)C(=O)N4)cn2)CC1. The molecule has 2 aliphatic rings. The summed E-state index contributed by atoms with van der Waals surface area (Å²) in [6.45, 7) is 6.77. The highest BCUT2D eigenvalue weighted by molar-refractivity contribution is 6.23. The molecule has 33 heavy (non-hydrogen) atoms. The summed E-state index contributed by atoms with van der Waals surface area (Å²) in [6.07, 6.45) is 5.43. The number of aliphatic hydroxyl groups is 1. The summed E-state index contributed by atoms with van der Waals surface area (Å²) in [6, 6.07) is 5.59. The Morgan fingerprint density at radius 1 is 1.24 bits per heavy atom. The first kappa shape index (κ1) is 21.4. The van der Waals surface area contributed by atoms with E-state index in [0.29, 0.717) is 35.6 Å². The van der Waals surface area contributed by atoms with Crippen LogP contribution in [0.3, 0.4) is 0 Å². The molecule has 0 saturated carbocycles. The van der Waals surface area contributed by atoms with E-state index in [-0.39, 0.29) is 18.0 Å². The predicted molar refractivity (Wildman–Crippen MR) is 122 cm³/mol. The lowest BCUT2D eigenvalue weighted by molar-refractivity contribution is 0.0184. The molecule has 2 aliphatic heterocycles. The lowest BCUT2D eigenvalue weighted by Gasteiger charge is -2.33. The number of pyridine rings is 1. The molecule has 0 spiro atoms. The summed E-state index contributed by atoms with van der Waals surface area (Å²) in [7, 11) is 0. The van der Waals surface area contributed by atoms with E-state index in [9.17, 15) is 14.7 Å². The molecule has 2 N–H and O–H groups in total. The Morgan fingerprint density at radius 3 is 2.73 bits per heavy atom. The van der Waals surface area contributed by atoms with Crippen molar-refractivity contribution in [2.24, 2.45) is 0 Å². The summed E-state index contributed by atoms with van der Waals surface area (Å²) in [5.74, 6) is 0.342. The molecule has 1 unspecified atom stereocenters. The molecule has 0 aliphatic carbocycles. The van der Waals surface area contributed by atoms with E-state index in [0.717, 1.165) is 23.6 Å². The van der Waals surface area contributed by atoms with Crippen LogP contribution in [0.15, 0.2) is 36.8 Å². The molecule has 9 heteroatoms. The molecule has 0 bridgehead atoms. The van der Waals surface area contributed by atoms with Crippen LogP contribution in [0.25, 0.3) is 10.8 Å². The molecule has 2 amide bonds. The van der Waals surface area contributed by atoms with Crippen molar-refractivity contribution in [3.8, 4) is 0 Å². The van der Waals surface area contributed by atoms with Crippen LogP contribution in [0.4, 0.5) is 10.6 Å². The first-order valence-corrected chi connectivity index (χ1v) is 11.1. The van der Waals surface area contributed by atoms with E-state index in [1.165, 1.54) is 0 Å². The summed E-state index contributed by atoms with van der Waals surface area (Å²) in [4.78, 5) is 30.5. The van der Waals surface area contributed by atoms with Gasteiger partial charge in [0.25, 0.3) is 5.91 Å². The van der Waals surface area contributed by atoms with Gasteiger partial charge in [-0.15, -0.1) is 0 Å². The van der Waals surface area contributed by atoms with Crippen molar-refractivity contribution >= 4 is 28.6 Å². The van der Waals surface area contributed by atoms with E-state index in [4.69, 9.17) is 4.74 Å². The maximum absolute atomic E-state index is 12.3. The number of ether oxygens (including phenoxy) is 1. The van der Waals surface area contributed by atoms with E-state index in [1.54, 1.807) is 23.4 Å². The summed E-state index contributed by atoms with van der Waals surface area (Å²) in [5.41, 5.74) is 1.34. The molecular formula is C24H27N5O4. The lowest BCUT2D eigenvalue weighted by Crippen LogP contribution is -2.42. The number of carbonyl (C=O) groups excluding carboxylic acids is 2. The van der Waals surface area contributed by atoms with Gasteiger partial charge < -0.3 is 20.1 Å². The molecule has 1 aromatic carbocycles. The van der Waals surface area contributed by atoms with Crippen molar-refractivity contribution in [2.45, 2.75) is 51.4 Å². The van der Waals surface area contributed by atoms with Gasteiger partial charge in [0.05, 0.1) is 17.8 Å². The number of rotatable bonds is 3. The smallest absolute Gasteiger partial charge is 0.410 e. The van der Waals surface area contributed by atoms with Crippen LogP contribution < -0.4 is 5.32 Å². The van der Waals surface area contributed by atoms with Gasteiger partial charge in [-0.25, -0.2) is 9.78 Å². The maximum atomic E-state index is 12.3. The number of hydrogen-bond acceptors (Lipinski definition) is 6. The monoisotopic (exact) mass is 449 g/mol. The zero-order valence-corrected chi connectivity index (χ0v) is 18.9. The second-order valence-corrected chi connectivity index (χ2v) is 9.60. The average Bonchev–Trinajstić information content (AvgIpc) is 3.39. The highest BCUT2D eigenvalue weighted by atomic mass is 16.6. The molecule has 9 nitrogen and oxygen atoms in total. The Hall–Kier alpha value is -3.46. The van der Waals surface area contributed by atoms with Gasteiger partial charge in [0.2, 0.25) is 0 Å². The summed E-state index contributed by atoms with van der Waals surface area (Å²) < 4.78 is 7.33. The molecule has 1 fully saturated rings. The van der Waals surface area contributed by atoms with Gasteiger partial charge in [0.15, 0.2) is 0 Å². The van der Waals surface area contributed by atoms with Crippen LogP contribution in [-0.2, 0) is 4.74 Å². The highest BCUT2D eigenvalue weighted by Gasteiger charge is 2.29. The molecule has 172 valence electrons. The molecule has 4 heterocycles. The van der Waals surface area contributed by atoms with Gasteiger partial charge in [-0.3, -0.25) is 9.48 Å². The molecule has 1 saturated heterocycles. The van der Waals surface area contributed by atoms with Gasteiger partial charge in [-0.05, 0) is 45.1 Å². The van der Waals surface area contributed by atoms with Crippen LogP contribution in [-0.4, -0.2) is 55.5 Å². The minimum absolute atomic E-state index is 0.136. The topological polar surface area (TPSA) is 110 Å². The van der Waals surface area contributed by atoms with Crippen molar-refractivity contribution in [3.63, 3.8) is 0 Å². The van der Waals surface area contributed by atoms with Gasteiger partial charge in [-0.2, -0.15) is 5.10 Å². The lowest BCUT2D eigenvalue weighted by atomic mass is 9.98. The van der Waals surface area contributed by atoms with Crippen LogP contribution in [0, 0.1) is 0 Å². The van der Waals surface area contributed by atoms with Crippen molar-refractivity contribution in [2.75, 3.05) is 18.4 Å². The maximum Gasteiger partial charge on any atom is 0.410 e. The molecule has 2 aromatic heterocycles. The quantitative estimate of drug-likeness (QED) is 0.632. The fourth-order valence-corrected chi connectivity index (χ4v) is 4.51. The Balaban J connectivity index is 1.32. The van der Waals surface area contributed by atoms with Crippen molar-refractivity contribution in [1.82, 2.24) is 19.7 Å². The number of piperidine rings is 1. The molecule has 1 atom stereocenters. The van der Waals surface area contributed by atoms with Crippen LogP contribution >= 0.6 is 0 Å². The fourth-order valence-electron chi connectivity index (χ4n) is 4.51. The highest BCUT2D eigenvalue weighted by Crippen LogP contribution is 2.37. The molecule has 5 rings (SSSR count). The zero-order chi connectivity index (χ0) is 23.3. The minimum Gasteiger partial charge on any atom is -0.444 e. The van der Waals surface area contributed by atoms with E-state index in [2.05, 4.69) is 15.4 Å². The third-order valence-corrected chi connectivity index (χ3v) is 6.14.